The summed E-state index contributed by atoms with van der Waals surface area (Å²) in [4.78, 5) is 10.7. The topological polar surface area (TPSA) is 107 Å². The largest absolute Gasteiger partial charge is 0.505 e. The minimum Gasteiger partial charge on any atom is -0.505 e. The molecule has 1 heterocycles. The van der Waals surface area contributed by atoms with E-state index in [0.717, 1.165) is 28.0 Å². The molecule has 156 valence electrons. The molecule has 3 aromatic rings. The van der Waals surface area contributed by atoms with Crippen molar-refractivity contribution < 1.29 is 20.1 Å². The van der Waals surface area contributed by atoms with E-state index < -0.39 is 5.97 Å². The van der Waals surface area contributed by atoms with Crippen LogP contribution >= 0.6 is 23.6 Å². The zero-order valence-electron chi connectivity index (χ0n) is 16.5. The van der Waals surface area contributed by atoms with Crippen LogP contribution in [-0.2, 0) is 11.3 Å². The predicted octanol–water partition coefficient (Wildman–Crippen LogP) is 6.25. The summed E-state index contributed by atoms with van der Waals surface area (Å²) in [5.41, 5.74) is 3.96. The molecule has 0 spiro atoms. The Morgan fingerprint density at radius 3 is 2.50 bits per heavy atom. The summed E-state index contributed by atoms with van der Waals surface area (Å²) < 4.78 is 1.81. The summed E-state index contributed by atoms with van der Waals surface area (Å²) in [6.07, 6.45) is 0.316. The average Bonchev–Trinajstić information content (AvgIpc) is 2.93. The third-order valence-electron chi connectivity index (χ3n) is 4.42. The van der Waals surface area contributed by atoms with Crippen LogP contribution in [-0.4, -0.2) is 25.9 Å². The molecule has 0 aliphatic rings. The summed E-state index contributed by atoms with van der Waals surface area (Å²) in [5.74, 6) is -1.07. The first-order valence-corrected chi connectivity index (χ1v) is 10.5. The molecule has 0 amide bonds. The summed E-state index contributed by atoms with van der Waals surface area (Å²) in [6, 6.07) is 11.2. The van der Waals surface area contributed by atoms with Crippen molar-refractivity contribution in [3.63, 3.8) is 0 Å². The minimum absolute atomic E-state index is 0.00442. The number of aromatic nitrogens is 1. The van der Waals surface area contributed by atoms with Gasteiger partial charge in [0.15, 0.2) is 9.70 Å². The normalized spacial score (nSPS) is 11.3. The lowest BCUT2D eigenvalue weighted by atomic mass is 9.99. The van der Waals surface area contributed by atoms with Crippen molar-refractivity contribution in [2.24, 2.45) is 10.2 Å². The summed E-state index contributed by atoms with van der Waals surface area (Å²) in [6.45, 7) is 4.26. The zero-order chi connectivity index (χ0) is 21.8. The number of benzene rings is 2. The smallest absolute Gasteiger partial charge is 0.303 e. The molecule has 3 rings (SSSR count). The first kappa shape index (κ1) is 21.7. The first-order valence-electron chi connectivity index (χ1n) is 9.23. The molecule has 0 saturated heterocycles. The van der Waals surface area contributed by atoms with Crippen LogP contribution < -0.4 is 0 Å². The van der Waals surface area contributed by atoms with Gasteiger partial charge in [-0.25, -0.2) is 0 Å². The SMILES string of the molecule is Cc1cc(C)cc(-c2cccc(N=Nc3sc(=S)n(CCCC(=O)O)c3O)c2O)c1. The number of phenols is 1. The molecule has 30 heavy (non-hydrogen) atoms. The lowest BCUT2D eigenvalue weighted by molar-refractivity contribution is -0.137. The number of phenolic OH excluding ortho intramolecular Hbond substituents is 1. The number of carboxylic acid groups (broad SMARTS) is 1. The second-order valence-corrected chi connectivity index (χ2v) is 8.52. The van der Waals surface area contributed by atoms with Crippen LogP contribution in [0.5, 0.6) is 11.6 Å². The zero-order valence-corrected chi connectivity index (χ0v) is 18.1. The molecular weight excluding hydrogens is 422 g/mol. The monoisotopic (exact) mass is 443 g/mol. The van der Waals surface area contributed by atoms with Gasteiger partial charge in [0.2, 0.25) is 10.9 Å². The fourth-order valence-corrected chi connectivity index (χ4v) is 4.26. The fraction of sp³-hybridized carbons (Fsp3) is 0.238. The van der Waals surface area contributed by atoms with E-state index in [4.69, 9.17) is 17.3 Å². The molecule has 0 saturated carbocycles. The molecule has 0 atom stereocenters. The number of aliphatic carboxylic acids is 1. The number of azo groups is 1. The Labute approximate surface area is 182 Å². The van der Waals surface area contributed by atoms with Gasteiger partial charge < -0.3 is 15.3 Å². The molecule has 7 nitrogen and oxygen atoms in total. The van der Waals surface area contributed by atoms with Gasteiger partial charge >= 0.3 is 5.97 Å². The number of aromatic hydroxyl groups is 2. The Bertz CT molecular complexity index is 1160. The van der Waals surface area contributed by atoms with E-state index in [2.05, 4.69) is 16.3 Å². The van der Waals surface area contributed by atoms with Crippen LogP contribution in [0.2, 0.25) is 0 Å². The Balaban J connectivity index is 1.88. The molecule has 0 bridgehead atoms. The molecule has 1 aromatic heterocycles. The van der Waals surface area contributed by atoms with Gasteiger partial charge in [-0.3, -0.25) is 9.36 Å². The molecule has 0 radical (unpaired) electrons. The maximum Gasteiger partial charge on any atom is 0.303 e. The second-order valence-electron chi connectivity index (χ2n) is 6.90. The number of nitrogens with zero attached hydrogens (tertiary/aromatic N) is 3. The Kier molecular flexibility index (Phi) is 6.63. The number of rotatable bonds is 7. The predicted molar refractivity (Wildman–Crippen MR) is 119 cm³/mol. The highest BCUT2D eigenvalue weighted by atomic mass is 32.1. The van der Waals surface area contributed by atoms with Gasteiger partial charge in [0.05, 0.1) is 0 Å². The van der Waals surface area contributed by atoms with E-state index in [1.54, 1.807) is 12.1 Å². The van der Waals surface area contributed by atoms with E-state index in [1.165, 1.54) is 4.57 Å². The molecule has 0 unspecified atom stereocenters. The second kappa shape index (κ2) is 9.19. The van der Waals surface area contributed by atoms with E-state index in [0.29, 0.717) is 15.9 Å². The maximum absolute atomic E-state index is 10.7. The highest BCUT2D eigenvalue weighted by Gasteiger charge is 2.13. The maximum atomic E-state index is 10.7. The molecule has 0 aliphatic heterocycles. The highest BCUT2D eigenvalue weighted by molar-refractivity contribution is 7.73. The van der Waals surface area contributed by atoms with Crippen LogP contribution in [0, 0.1) is 17.8 Å². The van der Waals surface area contributed by atoms with Gasteiger partial charge in [-0.05, 0) is 44.1 Å². The van der Waals surface area contributed by atoms with Gasteiger partial charge in [-0.15, -0.1) is 10.2 Å². The average molecular weight is 444 g/mol. The number of hydrogen-bond donors (Lipinski definition) is 3. The molecule has 0 aliphatic carbocycles. The highest BCUT2D eigenvalue weighted by Crippen LogP contribution is 2.40. The lowest BCUT2D eigenvalue weighted by Crippen LogP contribution is -2.01. The molecule has 0 fully saturated rings. The summed E-state index contributed by atoms with van der Waals surface area (Å²) in [5, 5.41) is 38.2. The third kappa shape index (κ3) is 4.92. The van der Waals surface area contributed by atoms with Crippen molar-refractivity contribution >= 4 is 40.2 Å². The number of aryl methyl sites for hydroxylation is 2. The van der Waals surface area contributed by atoms with Crippen LogP contribution in [0.4, 0.5) is 10.7 Å². The van der Waals surface area contributed by atoms with Gasteiger partial charge in [0.1, 0.15) is 5.69 Å². The number of thiazole rings is 1. The van der Waals surface area contributed by atoms with Crippen LogP contribution in [0.3, 0.4) is 0 Å². The quantitative estimate of drug-likeness (QED) is 0.295. The Hall–Kier alpha value is -3.04. The van der Waals surface area contributed by atoms with Crippen LogP contribution in [0.15, 0.2) is 46.6 Å². The number of para-hydroxylation sites is 1. The van der Waals surface area contributed by atoms with Gasteiger partial charge in [0.25, 0.3) is 0 Å². The third-order valence-corrected chi connectivity index (χ3v) is 5.74. The van der Waals surface area contributed by atoms with Crippen molar-refractivity contribution in [3.05, 3.63) is 51.5 Å². The van der Waals surface area contributed by atoms with Crippen LogP contribution in [0.25, 0.3) is 11.1 Å². The van der Waals surface area contributed by atoms with E-state index in [-0.39, 0.29) is 35.3 Å². The Morgan fingerprint density at radius 2 is 1.83 bits per heavy atom. The number of carbonyl (C=O) groups is 1. The number of carboxylic acids is 1. The van der Waals surface area contributed by atoms with Crippen molar-refractivity contribution in [2.45, 2.75) is 33.2 Å². The van der Waals surface area contributed by atoms with E-state index in [1.807, 2.05) is 32.0 Å². The van der Waals surface area contributed by atoms with Crippen LogP contribution in [0.1, 0.15) is 24.0 Å². The molecule has 2 aromatic carbocycles. The van der Waals surface area contributed by atoms with Crippen molar-refractivity contribution in [1.82, 2.24) is 4.57 Å². The molecule has 3 N–H and O–H groups in total. The Morgan fingerprint density at radius 1 is 1.13 bits per heavy atom. The van der Waals surface area contributed by atoms with Gasteiger partial charge in [-0.2, -0.15) is 0 Å². The van der Waals surface area contributed by atoms with Crippen molar-refractivity contribution in [2.75, 3.05) is 0 Å². The summed E-state index contributed by atoms with van der Waals surface area (Å²) in [7, 11) is 0. The van der Waals surface area contributed by atoms with Crippen molar-refractivity contribution in [3.8, 4) is 22.8 Å². The van der Waals surface area contributed by atoms with Gasteiger partial charge in [-0.1, -0.05) is 52.8 Å². The molecular formula is C21H21N3O4S2. The van der Waals surface area contributed by atoms with E-state index >= 15 is 0 Å². The summed E-state index contributed by atoms with van der Waals surface area (Å²) >= 11 is 6.30. The minimum atomic E-state index is -0.907. The lowest BCUT2D eigenvalue weighted by Gasteiger charge is -2.09. The molecule has 9 heteroatoms. The van der Waals surface area contributed by atoms with E-state index in [9.17, 15) is 15.0 Å². The number of hydrogen-bond acceptors (Lipinski definition) is 7. The van der Waals surface area contributed by atoms with Crippen molar-refractivity contribution in [1.29, 1.82) is 0 Å². The van der Waals surface area contributed by atoms with Gasteiger partial charge in [0, 0.05) is 18.5 Å². The standard InChI is InChI=1S/C21H21N3O4S2/c1-12-9-13(2)11-14(10-12)15-5-3-6-16(18(15)27)22-23-19-20(28)24(21(29)30-19)8-4-7-17(25)26/h3,5-6,9-11,27-28H,4,7-8H2,1-2H3,(H,25,26). The first-order chi connectivity index (χ1) is 14.3. The fourth-order valence-electron chi connectivity index (χ4n) is 3.11.